The van der Waals surface area contributed by atoms with Crippen LogP contribution in [-0.2, 0) is 10.0 Å². The number of rotatable bonds is 2. The van der Waals surface area contributed by atoms with Crippen molar-refractivity contribution in [1.29, 1.82) is 0 Å². The highest BCUT2D eigenvalue weighted by molar-refractivity contribution is 9.10. The van der Waals surface area contributed by atoms with Crippen LogP contribution in [0.3, 0.4) is 0 Å². The van der Waals surface area contributed by atoms with Gasteiger partial charge in [0, 0.05) is 17.1 Å². The van der Waals surface area contributed by atoms with Gasteiger partial charge >= 0.3 is 0 Å². The summed E-state index contributed by atoms with van der Waals surface area (Å²) in [6.45, 7) is 0.677. The van der Waals surface area contributed by atoms with Crippen molar-refractivity contribution in [3.05, 3.63) is 28.7 Å². The summed E-state index contributed by atoms with van der Waals surface area (Å²) >= 11 is 3.35. The van der Waals surface area contributed by atoms with Gasteiger partial charge in [0.1, 0.15) is 0 Å². The van der Waals surface area contributed by atoms with Crippen LogP contribution >= 0.6 is 15.9 Å². The van der Waals surface area contributed by atoms with Crippen LogP contribution in [0.25, 0.3) is 0 Å². The Balaban J connectivity index is 1.95. The van der Waals surface area contributed by atoms with Gasteiger partial charge in [0.05, 0.1) is 4.90 Å². The molecule has 5 heteroatoms. The minimum Gasteiger partial charge on any atom is -0.207 e. The second-order valence-electron chi connectivity index (χ2n) is 5.47. The molecule has 0 radical (unpaired) electrons. The Kier molecular flexibility index (Phi) is 3.71. The van der Waals surface area contributed by atoms with Crippen molar-refractivity contribution >= 4 is 26.0 Å². The van der Waals surface area contributed by atoms with Crippen LogP contribution in [0.2, 0.25) is 0 Å². The van der Waals surface area contributed by atoms with Gasteiger partial charge in [-0.1, -0.05) is 28.4 Å². The Morgan fingerprint density at radius 2 is 1.95 bits per heavy atom. The number of sulfonamides is 1. The second kappa shape index (κ2) is 5.19. The Morgan fingerprint density at radius 1 is 1.16 bits per heavy atom. The summed E-state index contributed by atoms with van der Waals surface area (Å²) in [4.78, 5) is 0.412. The van der Waals surface area contributed by atoms with Gasteiger partial charge in [0.15, 0.2) is 0 Å². The zero-order chi connectivity index (χ0) is 13.5. The molecule has 0 aromatic heterocycles. The van der Waals surface area contributed by atoms with Crippen LogP contribution < -0.4 is 0 Å². The average Bonchev–Trinajstić information content (AvgIpc) is 2.86. The lowest BCUT2D eigenvalue weighted by molar-refractivity contribution is 0.202. The quantitative estimate of drug-likeness (QED) is 0.825. The van der Waals surface area contributed by atoms with E-state index in [1.54, 1.807) is 22.5 Å². The Hall–Kier alpha value is -0.390. The van der Waals surface area contributed by atoms with Gasteiger partial charge in [0.2, 0.25) is 10.0 Å². The van der Waals surface area contributed by atoms with Gasteiger partial charge < -0.3 is 0 Å². The SMILES string of the molecule is O=S(=O)(c1cccc(Br)c1)N1CCCC2CCCC21. The summed E-state index contributed by atoms with van der Waals surface area (Å²) in [5.41, 5.74) is 0. The van der Waals surface area contributed by atoms with Gasteiger partial charge in [-0.25, -0.2) is 8.42 Å². The highest BCUT2D eigenvalue weighted by Crippen LogP contribution is 2.39. The third kappa shape index (κ3) is 2.48. The number of hydrogen-bond donors (Lipinski definition) is 0. The van der Waals surface area contributed by atoms with E-state index in [0.717, 1.165) is 17.3 Å². The highest BCUT2D eigenvalue weighted by atomic mass is 79.9. The van der Waals surface area contributed by atoms with Crippen LogP contribution in [0.4, 0.5) is 0 Å². The topological polar surface area (TPSA) is 37.4 Å². The molecule has 19 heavy (non-hydrogen) atoms. The first kappa shape index (κ1) is 13.6. The first-order valence-electron chi connectivity index (χ1n) is 6.86. The largest absolute Gasteiger partial charge is 0.243 e. The van der Waals surface area contributed by atoms with E-state index in [4.69, 9.17) is 0 Å². The van der Waals surface area contributed by atoms with Gasteiger partial charge in [-0.3, -0.25) is 0 Å². The van der Waals surface area contributed by atoms with Crippen LogP contribution in [-0.4, -0.2) is 25.3 Å². The van der Waals surface area contributed by atoms with E-state index >= 15 is 0 Å². The average molecular weight is 344 g/mol. The molecule has 1 heterocycles. The second-order valence-corrected chi connectivity index (χ2v) is 8.28. The monoisotopic (exact) mass is 343 g/mol. The molecule has 1 aliphatic heterocycles. The fourth-order valence-electron chi connectivity index (χ4n) is 3.47. The lowest BCUT2D eigenvalue weighted by Crippen LogP contribution is -2.46. The first-order valence-corrected chi connectivity index (χ1v) is 9.10. The number of fused-ring (bicyclic) bond motifs is 1. The molecule has 1 aliphatic carbocycles. The van der Waals surface area contributed by atoms with Crippen LogP contribution in [0.1, 0.15) is 32.1 Å². The predicted molar refractivity (Wildman–Crippen MR) is 78.4 cm³/mol. The minimum atomic E-state index is -3.34. The molecule has 0 bridgehead atoms. The smallest absolute Gasteiger partial charge is 0.207 e. The Labute approximate surface area is 123 Å². The summed E-state index contributed by atoms with van der Waals surface area (Å²) in [6, 6.07) is 7.27. The van der Waals surface area contributed by atoms with Crippen LogP contribution in [0, 0.1) is 5.92 Å². The lowest BCUT2D eigenvalue weighted by atomic mass is 9.94. The number of halogens is 1. The zero-order valence-corrected chi connectivity index (χ0v) is 13.2. The van der Waals surface area contributed by atoms with Crippen molar-refractivity contribution in [3.8, 4) is 0 Å². The number of benzene rings is 1. The van der Waals surface area contributed by atoms with E-state index in [1.807, 2.05) is 6.07 Å². The van der Waals surface area contributed by atoms with Gasteiger partial charge in [-0.15, -0.1) is 0 Å². The fraction of sp³-hybridized carbons (Fsp3) is 0.571. The predicted octanol–water partition coefficient (Wildman–Crippen LogP) is 3.40. The summed E-state index contributed by atoms with van der Waals surface area (Å²) in [5.74, 6) is 0.579. The Bertz CT molecular complexity index is 573. The van der Waals surface area contributed by atoms with Crippen molar-refractivity contribution < 1.29 is 8.42 Å². The fourth-order valence-corrected chi connectivity index (χ4v) is 5.82. The molecule has 104 valence electrons. The van der Waals surface area contributed by atoms with Crippen LogP contribution in [0.5, 0.6) is 0 Å². The first-order chi connectivity index (χ1) is 9.09. The molecular weight excluding hydrogens is 326 g/mol. The number of piperidine rings is 1. The zero-order valence-electron chi connectivity index (χ0n) is 10.8. The van der Waals surface area contributed by atoms with E-state index in [9.17, 15) is 8.42 Å². The molecule has 1 saturated heterocycles. The molecule has 2 atom stereocenters. The lowest BCUT2D eigenvalue weighted by Gasteiger charge is -2.36. The van der Waals surface area contributed by atoms with E-state index in [-0.39, 0.29) is 6.04 Å². The molecular formula is C14H18BrNO2S. The van der Waals surface area contributed by atoms with Gasteiger partial charge in [-0.2, -0.15) is 4.31 Å². The van der Waals surface area contributed by atoms with Crippen LogP contribution in [0.15, 0.2) is 33.6 Å². The van der Waals surface area contributed by atoms with Crippen molar-refractivity contribution in [2.24, 2.45) is 5.92 Å². The van der Waals surface area contributed by atoms with E-state index in [2.05, 4.69) is 15.9 Å². The van der Waals surface area contributed by atoms with Gasteiger partial charge in [-0.05, 0) is 49.8 Å². The van der Waals surface area contributed by atoms with E-state index < -0.39 is 10.0 Å². The molecule has 0 spiro atoms. The minimum absolute atomic E-state index is 0.234. The maximum atomic E-state index is 12.8. The number of hydrogen-bond acceptors (Lipinski definition) is 2. The molecule has 3 nitrogen and oxygen atoms in total. The maximum absolute atomic E-state index is 12.8. The molecule has 1 aromatic rings. The van der Waals surface area contributed by atoms with Crippen molar-refractivity contribution in [2.75, 3.05) is 6.54 Å². The van der Waals surface area contributed by atoms with Gasteiger partial charge in [0.25, 0.3) is 0 Å². The molecule has 2 unspecified atom stereocenters. The molecule has 2 fully saturated rings. The van der Waals surface area contributed by atoms with Crippen molar-refractivity contribution in [2.45, 2.75) is 43.0 Å². The summed E-state index contributed by atoms with van der Waals surface area (Å²) in [7, 11) is -3.34. The van der Waals surface area contributed by atoms with E-state index in [1.165, 1.54) is 19.3 Å². The molecule has 0 amide bonds. The highest BCUT2D eigenvalue weighted by Gasteiger charge is 2.41. The van der Waals surface area contributed by atoms with Crippen molar-refractivity contribution in [3.63, 3.8) is 0 Å². The molecule has 0 N–H and O–H groups in total. The van der Waals surface area contributed by atoms with E-state index in [0.29, 0.717) is 17.4 Å². The maximum Gasteiger partial charge on any atom is 0.243 e. The number of nitrogens with zero attached hydrogens (tertiary/aromatic N) is 1. The molecule has 3 rings (SSSR count). The standard InChI is InChI=1S/C14H18BrNO2S/c15-12-6-2-7-13(10-12)19(17,18)16-9-3-5-11-4-1-8-14(11)16/h2,6-7,10-11,14H,1,3-5,8-9H2. The summed E-state index contributed by atoms with van der Waals surface area (Å²) < 4.78 is 28.1. The summed E-state index contributed by atoms with van der Waals surface area (Å²) in [5, 5.41) is 0. The van der Waals surface area contributed by atoms with Crippen molar-refractivity contribution in [1.82, 2.24) is 4.31 Å². The normalized spacial score (nSPS) is 28.3. The molecule has 1 aromatic carbocycles. The summed E-state index contributed by atoms with van der Waals surface area (Å²) in [6.07, 6.45) is 5.57. The Morgan fingerprint density at radius 3 is 2.74 bits per heavy atom. The molecule has 2 aliphatic rings. The third-order valence-electron chi connectivity index (χ3n) is 4.34. The molecule has 1 saturated carbocycles. The third-order valence-corrected chi connectivity index (χ3v) is 6.76.